The maximum Gasteiger partial charge on any atom is 0.293 e. The molecule has 2 heterocycles. The summed E-state index contributed by atoms with van der Waals surface area (Å²) >= 11 is 0. The number of nitro groups is 1. The van der Waals surface area contributed by atoms with Gasteiger partial charge in [-0.2, -0.15) is 0 Å². The van der Waals surface area contributed by atoms with Crippen LogP contribution in [0.25, 0.3) is 11.0 Å². The lowest BCUT2D eigenvalue weighted by Gasteiger charge is -2.19. The van der Waals surface area contributed by atoms with Crippen molar-refractivity contribution in [1.29, 1.82) is 0 Å². The van der Waals surface area contributed by atoms with E-state index in [1.54, 1.807) is 12.1 Å². The zero-order valence-electron chi connectivity index (χ0n) is 19.6. The van der Waals surface area contributed by atoms with Gasteiger partial charge in [0.25, 0.3) is 11.6 Å². The van der Waals surface area contributed by atoms with Gasteiger partial charge in [0.1, 0.15) is 18.1 Å². The Morgan fingerprint density at radius 3 is 2.57 bits per heavy atom. The molecule has 1 N–H and O–H groups in total. The van der Waals surface area contributed by atoms with E-state index in [-0.39, 0.29) is 18.1 Å². The van der Waals surface area contributed by atoms with Crippen LogP contribution in [0.3, 0.4) is 0 Å². The number of hydrogen-bond acceptors (Lipinski definition) is 7. The number of nitrogens with zero attached hydrogens (tertiary/aromatic N) is 4. The number of para-hydroxylation sites is 2. The van der Waals surface area contributed by atoms with Crippen LogP contribution in [-0.4, -0.2) is 44.9 Å². The molecule has 4 aromatic rings. The van der Waals surface area contributed by atoms with Crippen molar-refractivity contribution in [3.8, 4) is 5.75 Å². The molecule has 0 saturated heterocycles. The number of imidazole rings is 1. The Kier molecular flexibility index (Phi) is 7.41. The second-order valence-corrected chi connectivity index (χ2v) is 7.86. The van der Waals surface area contributed by atoms with Crippen LogP contribution >= 0.6 is 0 Å². The van der Waals surface area contributed by atoms with Gasteiger partial charge in [0.2, 0.25) is 5.95 Å². The molecule has 0 fully saturated rings. The zero-order chi connectivity index (χ0) is 24.8. The summed E-state index contributed by atoms with van der Waals surface area (Å²) in [4.78, 5) is 30.1. The first kappa shape index (κ1) is 24.0. The third kappa shape index (κ3) is 5.67. The number of nitro benzene ring substituents is 1. The number of non-ortho nitro benzene ring substituents is 1. The molecule has 0 radical (unpaired) electrons. The molecular formula is C25H27N5O5. The number of likely N-dealkylation sites (N-methyl/N-ethyl adjacent to an activating group) is 1. The van der Waals surface area contributed by atoms with Crippen LogP contribution in [0, 0.1) is 10.1 Å². The summed E-state index contributed by atoms with van der Waals surface area (Å²) in [5.74, 6) is 1.09. The summed E-state index contributed by atoms with van der Waals surface area (Å²) in [7, 11) is 0. The first-order valence-corrected chi connectivity index (χ1v) is 11.4. The number of fused-ring (bicyclic) bond motifs is 1. The Labute approximate surface area is 202 Å². The van der Waals surface area contributed by atoms with Gasteiger partial charge in [-0.3, -0.25) is 20.2 Å². The van der Waals surface area contributed by atoms with Crippen molar-refractivity contribution in [2.75, 3.05) is 25.0 Å². The smallest absolute Gasteiger partial charge is 0.293 e. The van der Waals surface area contributed by atoms with Crippen molar-refractivity contribution in [3.63, 3.8) is 0 Å². The maximum absolute atomic E-state index is 12.9. The Morgan fingerprint density at radius 2 is 1.86 bits per heavy atom. The van der Waals surface area contributed by atoms with Crippen molar-refractivity contribution in [2.24, 2.45) is 0 Å². The van der Waals surface area contributed by atoms with E-state index in [1.165, 1.54) is 24.3 Å². The number of furan rings is 1. The predicted octanol–water partition coefficient (Wildman–Crippen LogP) is 4.71. The van der Waals surface area contributed by atoms with Crippen LogP contribution < -0.4 is 10.1 Å². The minimum atomic E-state index is -0.473. The minimum Gasteiger partial charge on any atom is -0.486 e. The maximum atomic E-state index is 12.9. The number of anilines is 1. The first-order chi connectivity index (χ1) is 17.0. The second kappa shape index (κ2) is 10.8. The normalized spacial score (nSPS) is 11.2. The lowest BCUT2D eigenvalue weighted by molar-refractivity contribution is -0.384. The van der Waals surface area contributed by atoms with Gasteiger partial charge in [-0.25, -0.2) is 4.98 Å². The Bertz CT molecular complexity index is 1310. The van der Waals surface area contributed by atoms with Crippen LogP contribution in [0.5, 0.6) is 5.75 Å². The molecule has 4 rings (SSSR count). The minimum absolute atomic E-state index is 0.0163. The third-order valence-electron chi connectivity index (χ3n) is 5.73. The number of benzene rings is 2. The van der Waals surface area contributed by atoms with Gasteiger partial charge in [-0.15, -0.1) is 0 Å². The molecule has 182 valence electrons. The van der Waals surface area contributed by atoms with Crippen molar-refractivity contribution >= 4 is 28.6 Å². The molecule has 0 aliphatic heterocycles. The van der Waals surface area contributed by atoms with Gasteiger partial charge in [0, 0.05) is 25.2 Å². The summed E-state index contributed by atoms with van der Waals surface area (Å²) in [5.41, 5.74) is 1.74. The SMILES string of the molecule is CCN(CC)CCn1c(NC(=O)c2ccc(COc3ccc([N+](=O)[O-])cc3)o2)nc2ccccc21. The number of aromatic nitrogens is 2. The predicted molar refractivity (Wildman–Crippen MR) is 132 cm³/mol. The molecule has 0 atom stereocenters. The molecule has 0 aliphatic carbocycles. The van der Waals surface area contributed by atoms with E-state index in [2.05, 4.69) is 29.0 Å². The van der Waals surface area contributed by atoms with Crippen molar-refractivity contribution in [1.82, 2.24) is 14.5 Å². The average molecular weight is 478 g/mol. The Hall–Kier alpha value is -4.18. The molecule has 10 nitrogen and oxygen atoms in total. The molecule has 0 unspecified atom stereocenters. The number of carbonyl (C=O) groups is 1. The van der Waals surface area contributed by atoms with Gasteiger partial charge in [-0.05, 0) is 49.5 Å². The van der Waals surface area contributed by atoms with E-state index in [4.69, 9.17) is 9.15 Å². The molecule has 1 amide bonds. The van der Waals surface area contributed by atoms with Gasteiger partial charge in [0.05, 0.1) is 16.0 Å². The molecule has 10 heteroatoms. The highest BCUT2D eigenvalue weighted by molar-refractivity contribution is 6.02. The number of amides is 1. The lowest BCUT2D eigenvalue weighted by atomic mass is 10.3. The van der Waals surface area contributed by atoms with Gasteiger partial charge >= 0.3 is 0 Å². The highest BCUT2D eigenvalue weighted by atomic mass is 16.6. The topological polar surface area (TPSA) is 116 Å². The van der Waals surface area contributed by atoms with Crippen LogP contribution in [0.4, 0.5) is 11.6 Å². The van der Waals surface area contributed by atoms with E-state index < -0.39 is 10.8 Å². The first-order valence-electron chi connectivity index (χ1n) is 11.4. The van der Waals surface area contributed by atoms with Crippen molar-refractivity contribution < 1.29 is 18.9 Å². The number of ether oxygens (including phenoxy) is 1. The zero-order valence-corrected chi connectivity index (χ0v) is 19.6. The van der Waals surface area contributed by atoms with Gasteiger partial charge < -0.3 is 18.6 Å². The highest BCUT2D eigenvalue weighted by Gasteiger charge is 2.17. The lowest BCUT2D eigenvalue weighted by Crippen LogP contribution is -2.27. The molecule has 2 aromatic heterocycles. The van der Waals surface area contributed by atoms with Crippen molar-refractivity contribution in [2.45, 2.75) is 27.0 Å². The van der Waals surface area contributed by atoms with Gasteiger partial charge in [0.15, 0.2) is 5.76 Å². The summed E-state index contributed by atoms with van der Waals surface area (Å²) in [6.07, 6.45) is 0. The highest BCUT2D eigenvalue weighted by Crippen LogP contribution is 2.22. The summed E-state index contributed by atoms with van der Waals surface area (Å²) in [5, 5.41) is 13.6. The van der Waals surface area contributed by atoms with E-state index in [0.717, 1.165) is 30.7 Å². The molecule has 0 saturated carbocycles. The van der Waals surface area contributed by atoms with E-state index in [9.17, 15) is 14.9 Å². The third-order valence-corrected chi connectivity index (χ3v) is 5.73. The fraction of sp³-hybridized carbons (Fsp3) is 0.280. The standard InChI is InChI=1S/C25H27N5O5/c1-3-28(4-2)15-16-29-22-8-6-5-7-21(22)26-25(29)27-24(31)23-14-13-20(35-23)17-34-19-11-9-18(10-12-19)30(32)33/h5-14H,3-4,15-17H2,1-2H3,(H,26,27,31). The van der Waals surface area contributed by atoms with E-state index >= 15 is 0 Å². The fourth-order valence-corrected chi connectivity index (χ4v) is 3.74. The van der Waals surface area contributed by atoms with Crippen LogP contribution in [0.1, 0.15) is 30.2 Å². The number of nitrogens with one attached hydrogen (secondary N) is 1. The quantitative estimate of drug-likeness (QED) is 0.246. The molecule has 0 spiro atoms. The average Bonchev–Trinajstić information content (AvgIpc) is 3.48. The molecule has 0 aliphatic rings. The largest absolute Gasteiger partial charge is 0.486 e. The van der Waals surface area contributed by atoms with E-state index in [0.29, 0.717) is 24.0 Å². The monoisotopic (exact) mass is 477 g/mol. The molecule has 0 bridgehead atoms. The fourth-order valence-electron chi connectivity index (χ4n) is 3.74. The second-order valence-electron chi connectivity index (χ2n) is 7.86. The number of carbonyl (C=O) groups excluding carboxylic acids is 1. The molecule has 35 heavy (non-hydrogen) atoms. The van der Waals surface area contributed by atoms with Crippen LogP contribution in [0.2, 0.25) is 0 Å². The van der Waals surface area contributed by atoms with Crippen molar-refractivity contribution in [3.05, 3.63) is 82.3 Å². The Balaban J connectivity index is 1.44. The number of hydrogen-bond donors (Lipinski definition) is 1. The number of rotatable bonds is 11. The van der Waals surface area contributed by atoms with Gasteiger partial charge in [-0.1, -0.05) is 26.0 Å². The molecule has 2 aromatic carbocycles. The molecular weight excluding hydrogens is 450 g/mol. The summed E-state index contributed by atoms with van der Waals surface area (Å²) in [6.45, 7) is 7.73. The van der Waals surface area contributed by atoms with Crippen LogP contribution in [-0.2, 0) is 13.2 Å². The van der Waals surface area contributed by atoms with Crippen LogP contribution in [0.15, 0.2) is 65.1 Å². The summed E-state index contributed by atoms with van der Waals surface area (Å²) < 4.78 is 13.3. The summed E-state index contributed by atoms with van der Waals surface area (Å²) in [6, 6.07) is 16.8. The van der Waals surface area contributed by atoms with E-state index in [1.807, 2.05) is 28.8 Å². The Morgan fingerprint density at radius 1 is 1.11 bits per heavy atom.